The fourth-order valence-corrected chi connectivity index (χ4v) is 2.21. The molecule has 2 aromatic rings. The Bertz CT molecular complexity index is 593. The van der Waals surface area contributed by atoms with Gasteiger partial charge in [0.15, 0.2) is 24.6 Å². The van der Waals surface area contributed by atoms with Crippen LogP contribution in [0, 0.1) is 0 Å². The maximum absolute atomic E-state index is 5.83. The van der Waals surface area contributed by atoms with Crippen LogP contribution in [0.5, 0.6) is 11.5 Å². The van der Waals surface area contributed by atoms with Gasteiger partial charge >= 0.3 is 0 Å². The first kappa shape index (κ1) is 14.8. The number of methoxy groups -OCH3 is 1. The first-order valence-electron chi connectivity index (χ1n) is 7.08. The van der Waals surface area contributed by atoms with Gasteiger partial charge in [-0.25, -0.2) is 9.78 Å². The second-order valence-corrected chi connectivity index (χ2v) is 4.89. The Morgan fingerprint density at radius 2 is 1.91 bits per heavy atom. The van der Waals surface area contributed by atoms with E-state index in [1.165, 1.54) is 0 Å². The predicted octanol–water partition coefficient (Wildman–Crippen LogP) is 3.08. The summed E-state index contributed by atoms with van der Waals surface area (Å²) in [5.41, 5.74) is 2.14. The van der Waals surface area contributed by atoms with Gasteiger partial charge in [-0.3, -0.25) is 0 Å². The molecule has 1 atom stereocenters. The lowest BCUT2D eigenvalue weighted by atomic mass is 10.1. The normalized spacial score (nSPS) is 17.4. The Morgan fingerprint density at radius 1 is 1.05 bits per heavy atom. The Balaban J connectivity index is 1.66. The molecule has 0 radical (unpaired) electrons. The molecule has 3 rings (SSSR count). The molecule has 0 amide bonds. The predicted molar refractivity (Wildman–Crippen MR) is 79.4 cm³/mol. The van der Waals surface area contributed by atoms with Gasteiger partial charge in [0.1, 0.15) is 6.61 Å². The van der Waals surface area contributed by atoms with Gasteiger partial charge in [0.25, 0.3) is 0 Å². The van der Waals surface area contributed by atoms with Gasteiger partial charge < -0.3 is 14.2 Å². The first-order valence-corrected chi connectivity index (χ1v) is 7.08. The van der Waals surface area contributed by atoms with Crippen molar-refractivity contribution in [1.29, 1.82) is 0 Å². The van der Waals surface area contributed by atoms with E-state index in [-0.39, 0.29) is 13.1 Å². The number of hydrogen-bond donors (Lipinski definition) is 0. The van der Waals surface area contributed by atoms with Gasteiger partial charge in [-0.15, -0.1) is 0 Å². The summed E-state index contributed by atoms with van der Waals surface area (Å²) in [6, 6.07) is 15.8. The molecule has 1 heterocycles. The SMILES string of the molecule is COc1cc(CC2OCOO2)ccc1OCc1ccccc1. The summed E-state index contributed by atoms with van der Waals surface area (Å²) in [5, 5.41) is 0. The van der Waals surface area contributed by atoms with E-state index in [1.807, 2.05) is 48.5 Å². The lowest BCUT2D eigenvalue weighted by Crippen LogP contribution is -2.11. The van der Waals surface area contributed by atoms with E-state index in [1.54, 1.807) is 7.11 Å². The van der Waals surface area contributed by atoms with Crippen LogP contribution in [0.3, 0.4) is 0 Å². The molecule has 5 heteroatoms. The van der Waals surface area contributed by atoms with Crippen LogP contribution in [0.25, 0.3) is 0 Å². The third kappa shape index (κ3) is 3.76. The van der Waals surface area contributed by atoms with E-state index in [0.29, 0.717) is 24.5 Å². The fourth-order valence-electron chi connectivity index (χ4n) is 2.21. The van der Waals surface area contributed by atoms with Gasteiger partial charge in [-0.2, -0.15) is 0 Å². The molecule has 1 saturated heterocycles. The van der Waals surface area contributed by atoms with Gasteiger partial charge in [-0.1, -0.05) is 36.4 Å². The summed E-state index contributed by atoms with van der Waals surface area (Å²) in [7, 11) is 1.63. The highest BCUT2D eigenvalue weighted by Gasteiger charge is 2.19. The smallest absolute Gasteiger partial charge is 0.198 e. The van der Waals surface area contributed by atoms with Crippen LogP contribution in [0.4, 0.5) is 0 Å². The quantitative estimate of drug-likeness (QED) is 0.767. The van der Waals surface area contributed by atoms with Crippen LogP contribution in [-0.4, -0.2) is 20.2 Å². The highest BCUT2D eigenvalue weighted by Crippen LogP contribution is 2.29. The molecule has 0 aromatic heterocycles. The minimum atomic E-state index is -0.374. The fraction of sp³-hybridized carbons (Fsp3) is 0.294. The minimum Gasteiger partial charge on any atom is -0.493 e. The number of benzene rings is 2. The summed E-state index contributed by atoms with van der Waals surface area (Å²) in [6.45, 7) is 0.666. The molecule has 1 unspecified atom stereocenters. The van der Waals surface area contributed by atoms with Crippen molar-refractivity contribution in [3.05, 3.63) is 59.7 Å². The monoisotopic (exact) mass is 302 g/mol. The first-order chi connectivity index (χ1) is 10.8. The molecule has 2 aromatic carbocycles. The van der Waals surface area contributed by atoms with E-state index in [4.69, 9.17) is 24.0 Å². The number of rotatable bonds is 6. The zero-order valence-electron chi connectivity index (χ0n) is 12.4. The van der Waals surface area contributed by atoms with Crippen molar-refractivity contribution in [2.24, 2.45) is 0 Å². The molecule has 0 aliphatic carbocycles. The zero-order chi connectivity index (χ0) is 15.2. The summed E-state index contributed by atoms with van der Waals surface area (Å²) in [6.07, 6.45) is 0.218. The van der Waals surface area contributed by atoms with Gasteiger partial charge in [0.2, 0.25) is 0 Å². The van der Waals surface area contributed by atoms with Gasteiger partial charge in [-0.05, 0) is 23.3 Å². The van der Waals surface area contributed by atoms with Crippen molar-refractivity contribution in [3.63, 3.8) is 0 Å². The summed E-state index contributed by atoms with van der Waals surface area (Å²) >= 11 is 0. The molecule has 0 N–H and O–H groups in total. The third-order valence-electron chi connectivity index (χ3n) is 3.34. The second kappa shape index (κ2) is 7.26. The lowest BCUT2D eigenvalue weighted by molar-refractivity contribution is -0.276. The molecule has 22 heavy (non-hydrogen) atoms. The van der Waals surface area contributed by atoms with E-state index in [9.17, 15) is 0 Å². The molecule has 1 aliphatic heterocycles. The topological polar surface area (TPSA) is 46.2 Å². The maximum Gasteiger partial charge on any atom is 0.198 e. The number of hydrogen-bond acceptors (Lipinski definition) is 5. The average molecular weight is 302 g/mol. The van der Waals surface area contributed by atoms with Crippen molar-refractivity contribution in [2.75, 3.05) is 13.9 Å². The lowest BCUT2D eigenvalue weighted by Gasteiger charge is -2.13. The minimum absolute atomic E-state index is 0.167. The van der Waals surface area contributed by atoms with Crippen molar-refractivity contribution in [2.45, 2.75) is 19.3 Å². The number of ether oxygens (including phenoxy) is 3. The Morgan fingerprint density at radius 3 is 2.64 bits per heavy atom. The molecule has 5 nitrogen and oxygen atoms in total. The van der Waals surface area contributed by atoms with Crippen LogP contribution in [0.2, 0.25) is 0 Å². The van der Waals surface area contributed by atoms with Gasteiger partial charge in [0.05, 0.1) is 7.11 Å². The molecule has 0 bridgehead atoms. The summed E-state index contributed by atoms with van der Waals surface area (Å²) in [5.74, 6) is 1.40. The largest absolute Gasteiger partial charge is 0.493 e. The Kier molecular flexibility index (Phi) is 4.90. The molecule has 0 saturated carbocycles. The maximum atomic E-state index is 5.83. The molecular weight excluding hydrogens is 284 g/mol. The van der Waals surface area contributed by atoms with E-state index < -0.39 is 0 Å². The van der Waals surface area contributed by atoms with E-state index >= 15 is 0 Å². The third-order valence-corrected chi connectivity index (χ3v) is 3.34. The van der Waals surface area contributed by atoms with Crippen molar-refractivity contribution < 1.29 is 24.0 Å². The molecule has 0 spiro atoms. The second-order valence-electron chi connectivity index (χ2n) is 4.89. The molecule has 1 fully saturated rings. The van der Waals surface area contributed by atoms with Crippen molar-refractivity contribution in [3.8, 4) is 11.5 Å². The standard InChI is InChI=1S/C17H18O5/c1-18-16-9-14(10-17-20-12-21-22-17)7-8-15(16)19-11-13-5-3-2-4-6-13/h2-9,17H,10-12H2,1H3. The summed E-state index contributed by atoms with van der Waals surface area (Å²) < 4.78 is 16.5. The highest BCUT2D eigenvalue weighted by atomic mass is 17.3. The molecule has 1 aliphatic rings. The molecule has 116 valence electrons. The van der Waals surface area contributed by atoms with Crippen molar-refractivity contribution in [1.82, 2.24) is 0 Å². The van der Waals surface area contributed by atoms with Crippen LogP contribution in [0.15, 0.2) is 48.5 Å². The highest BCUT2D eigenvalue weighted by molar-refractivity contribution is 5.43. The molecular formula is C17H18O5. The average Bonchev–Trinajstić information content (AvgIpc) is 3.07. The van der Waals surface area contributed by atoms with Gasteiger partial charge in [0, 0.05) is 6.42 Å². The summed E-state index contributed by atoms with van der Waals surface area (Å²) in [4.78, 5) is 9.69. The van der Waals surface area contributed by atoms with E-state index in [0.717, 1.165) is 11.1 Å². The van der Waals surface area contributed by atoms with Crippen molar-refractivity contribution >= 4 is 0 Å². The van der Waals surface area contributed by atoms with Crippen LogP contribution < -0.4 is 9.47 Å². The Labute approximate surface area is 129 Å². The van der Waals surface area contributed by atoms with Crippen LogP contribution in [-0.2, 0) is 27.5 Å². The van der Waals surface area contributed by atoms with Crippen LogP contribution in [0.1, 0.15) is 11.1 Å². The zero-order valence-corrected chi connectivity index (χ0v) is 12.4. The van der Waals surface area contributed by atoms with E-state index in [2.05, 4.69) is 0 Å². The Hall–Kier alpha value is -2.08. The van der Waals surface area contributed by atoms with Crippen LogP contribution >= 0.6 is 0 Å².